The Labute approximate surface area is 183 Å². The summed E-state index contributed by atoms with van der Waals surface area (Å²) in [6, 6.07) is 11.2. The maximum absolute atomic E-state index is 12.6. The van der Waals surface area contributed by atoms with Crippen molar-refractivity contribution in [1.82, 2.24) is 14.5 Å². The lowest BCUT2D eigenvalue weighted by atomic mass is 10.1. The third-order valence-electron chi connectivity index (χ3n) is 4.87. The molecule has 8 heteroatoms. The van der Waals surface area contributed by atoms with Crippen LogP contribution in [0.5, 0.6) is 0 Å². The lowest BCUT2D eigenvalue weighted by Crippen LogP contribution is -2.29. The molecule has 5 nitrogen and oxygen atoms in total. The zero-order valence-corrected chi connectivity index (χ0v) is 18.7. The third-order valence-corrected chi connectivity index (χ3v) is 6.41. The fourth-order valence-electron chi connectivity index (χ4n) is 3.28. The van der Waals surface area contributed by atoms with Crippen molar-refractivity contribution in [3.8, 4) is 0 Å². The van der Waals surface area contributed by atoms with Crippen molar-refractivity contribution >= 4 is 52.0 Å². The van der Waals surface area contributed by atoms with Gasteiger partial charge in [-0.25, -0.2) is 0 Å². The molecule has 1 aromatic carbocycles. The minimum absolute atomic E-state index is 0.0628. The highest BCUT2D eigenvalue weighted by Crippen LogP contribution is 2.23. The highest BCUT2D eigenvalue weighted by atomic mass is 35.5. The molecule has 0 aliphatic rings. The van der Waals surface area contributed by atoms with Crippen molar-refractivity contribution in [2.75, 3.05) is 6.54 Å². The molecule has 2 heterocycles. The molecule has 0 unspecified atom stereocenters. The van der Waals surface area contributed by atoms with E-state index in [1.807, 2.05) is 42.2 Å². The number of carbonyl (C=O) groups is 1. The van der Waals surface area contributed by atoms with Crippen LogP contribution < -0.4 is 5.56 Å². The number of nitrogens with zero attached hydrogens (tertiary/aromatic N) is 2. The van der Waals surface area contributed by atoms with Gasteiger partial charge in [0, 0.05) is 24.4 Å². The monoisotopic (exact) mass is 449 g/mol. The molecular formula is C21H24ClN3O2S2. The Hall–Kier alpha value is -1.96. The maximum atomic E-state index is 12.6. The van der Waals surface area contributed by atoms with Crippen LogP contribution in [0.1, 0.15) is 37.5 Å². The Morgan fingerprint density at radius 3 is 2.72 bits per heavy atom. The van der Waals surface area contributed by atoms with E-state index in [0.29, 0.717) is 36.2 Å². The molecule has 3 rings (SSSR count). The Balaban J connectivity index is 1.49. The van der Waals surface area contributed by atoms with Gasteiger partial charge in [-0.2, -0.15) is 0 Å². The molecule has 0 saturated heterocycles. The molecule has 1 N–H and O–H groups in total. The molecule has 0 aliphatic heterocycles. The second kappa shape index (κ2) is 10.2. The van der Waals surface area contributed by atoms with Gasteiger partial charge in [-0.3, -0.25) is 14.2 Å². The maximum Gasteiger partial charge on any atom is 0.262 e. The number of unbranched alkanes of at least 4 members (excludes halogenated alkanes) is 2. The topological polar surface area (TPSA) is 58.1 Å². The summed E-state index contributed by atoms with van der Waals surface area (Å²) < 4.78 is 2.79. The van der Waals surface area contributed by atoms with Gasteiger partial charge in [0.15, 0.2) is 4.77 Å². The van der Waals surface area contributed by atoms with Gasteiger partial charge < -0.3 is 9.88 Å². The number of aromatic nitrogens is 2. The van der Waals surface area contributed by atoms with Crippen molar-refractivity contribution in [1.29, 1.82) is 0 Å². The summed E-state index contributed by atoms with van der Waals surface area (Å²) in [7, 11) is 0. The molecule has 154 valence electrons. The van der Waals surface area contributed by atoms with Crippen LogP contribution in [0, 0.1) is 4.77 Å². The zero-order chi connectivity index (χ0) is 20.8. The SMILES string of the molecule is CCN(Cc1ccc(Cl)s1)C(=O)CCCCCn1c(=S)[nH]c2ccccc2c1=O. The second-order valence-corrected chi connectivity index (χ2v) is 9.04. The van der Waals surface area contributed by atoms with Crippen LogP contribution >= 0.6 is 35.2 Å². The Morgan fingerprint density at radius 2 is 2.00 bits per heavy atom. The highest BCUT2D eigenvalue weighted by Gasteiger charge is 2.13. The average Bonchev–Trinajstić information content (AvgIpc) is 3.12. The number of benzene rings is 1. The number of halogens is 1. The summed E-state index contributed by atoms with van der Waals surface area (Å²) in [5, 5.41) is 0.642. The van der Waals surface area contributed by atoms with Crippen LogP contribution in [0.4, 0.5) is 0 Å². The van der Waals surface area contributed by atoms with Crippen molar-refractivity contribution in [3.63, 3.8) is 0 Å². The van der Waals surface area contributed by atoms with E-state index in [0.717, 1.165) is 34.0 Å². The number of para-hydroxylation sites is 1. The van der Waals surface area contributed by atoms with Crippen LogP contribution in [0.3, 0.4) is 0 Å². The van der Waals surface area contributed by atoms with Gasteiger partial charge in [0.2, 0.25) is 5.91 Å². The minimum atomic E-state index is -0.0628. The molecule has 3 aromatic rings. The first-order valence-corrected chi connectivity index (χ1v) is 11.3. The van der Waals surface area contributed by atoms with E-state index in [2.05, 4.69) is 4.98 Å². The van der Waals surface area contributed by atoms with Gasteiger partial charge in [-0.15, -0.1) is 11.3 Å². The van der Waals surface area contributed by atoms with Crippen molar-refractivity contribution in [2.45, 2.75) is 45.7 Å². The number of rotatable bonds is 9. The summed E-state index contributed by atoms with van der Waals surface area (Å²) in [6.45, 7) is 3.82. The first-order valence-electron chi connectivity index (χ1n) is 9.73. The normalized spacial score (nSPS) is 11.1. The lowest BCUT2D eigenvalue weighted by Gasteiger charge is -2.20. The summed E-state index contributed by atoms with van der Waals surface area (Å²) in [5.74, 6) is 0.150. The van der Waals surface area contributed by atoms with Gasteiger partial charge >= 0.3 is 0 Å². The molecule has 2 aromatic heterocycles. The number of hydrogen-bond donors (Lipinski definition) is 1. The van der Waals surface area contributed by atoms with Crippen molar-refractivity contribution in [2.24, 2.45) is 0 Å². The number of carbonyl (C=O) groups excluding carboxylic acids is 1. The predicted molar refractivity (Wildman–Crippen MR) is 122 cm³/mol. The molecule has 0 radical (unpaired) electrons. The van der Waals surface area contributed by atoms with Gasteiger partial charge in [-0.1, -0.05) is 30.2 Å². The molecular weight excluding hydrogens is 426 g/mol. The number of nitrogens with one attached hydrogen (secondary N) is 1. The van der Waals surface area contributed by atoms with Gasteiger partial charge in [0.1, 0.15) is 0 Å². The van der Waals surface area contributed by atoms with E-state index < -0.39 is 0 Å². The van der Waals surface area contributed by atoms with E-state index in [9.17, 15) is 9.59 Å². The first-order chi connectivity index (χ1) is 14.0. The third kappa shape index (κ3) is 5.56. The molecule has 1 amide bonds. The van der Waals surface area contributed by atoms with E-state index in [1.54, 1.807) is 10.6 Å². The second-order valence-electron chi connectivity index (χ2n) is 6.86. The zero-order valence-electron chi connectivity index (χ0n) is 16.3. The minimum Gasteiger partial charge on any atom is -0.338 e. The molecule has 0 bridgehead atoms. The van der Waals surface area contributed by atoms with E-state index >= 15 is 0 Å². The fourth-order valence-corrected chi connectivity index (χ4v) is 4.67. The van der Waals surface area contributed by atoms with E-state index in [1.165, 1.54) is 11.3 Å². The molecule has 0 aliphatic carbocycles. The average molecular weight is 450 g/mol. The van der Waals surface area contributed by atoms with Crippen LogP contribution in [0.2, 0.25) is 4.34 Å². The van der Waals surface area contributed by atoms with Crippen LogP contribution in [0.25, 0.3) is 10.9 Å². The summed E-state index contributed by atoms with van der Waals surface area (Å²) in [5.41, 5.74) is 0.697. The van der Waals surface area contributed by atoms with Crippen molar-refractivity contribution in [3.05, 3.63) is 60.7 Å². The van der Waals surface area contributed by atoms with Crippen molar-refractivity contribution < 1.29 is 4.79 Å². The molecule has 0 fully saturated rings. The predicted octanol–water partition coefficient (Wildman–Crippen LogP) is 5.38. The number of amides is 1. The quantitative estimate of drug-likeness (QED) is 0.352. The number of aromatic amines is 1. The Bertz CT molecular complexity index is 1100. The number of fused-ring (bicyclic) bond motifs is 1. The standard InChI is InChI=1S/C21H24ClN3O2S2/c1-2-24(14-15-11-12-18(22)29-15)19(26)10-4-3-7-13-25-20(27)16-8-5-6-9-17(16)23-21(25)28/h5-6,8-9,11-12H,2-4,7,10,13-14H2,1H3,(H,23,28). The molecule has 0 atom stereocenters. The van der Waals surface area contributed by atoms with Gasteiger partial charge in [0.05, 0.1) is 21.8 Å². The van der Waals surface area contributed by atoms with Gasteiger partial charge in [0.25, 0.3) is 5.56 Å². The molecule has 29 heavy (non-hydrogen) atoms. The summed E-state index contributed by atoms with van der Waals surface area (Å²) in [6.07, 6.45) is 2.96. The van der Waals surface area contributed by atoms with Crippen LogP contribution in [0.15, 0.2) is 41.2 Å². The number of hydrogen-bond acceptors (Lipinski definition) is 4. The molecule has 0 spiro atoms. The van der Waals surface area contributed by atoms with Gasteiger partial charge in [-0.05, 0) is 56.2 Å². The smallest absolute Gasteiger partial charge is 0.262 e. The Morgan fingerprint density at radius 1 is 1.21 bits per heavy atom. The lowest BCUT2D eigenvalue weighted by molar-refractivity contribution is -0.131. The Kier molecular flexibility index (Phi) is 7.64. The fraction of sp³-hybridized carbons (Fsp3) is 0.381. The summed E-state index contributed by atoms with van der Waals surface area (Å²) in [4.78, 5) is 31.2. The highest BCUT2D eigenvalue weighted by molar-refractivity contribution is 7.71. The first kappa shape index (κ1) is 21.7. The number of thiophene rings is 1. The summed E-state index contributed by atoms with van der Waals surface area (Å²) >= 11 is 12.8. The largest absolute Gasteiger partial charge is 0.338 e. The van der Waals surface area contributed by atoms with E-state index in [-0.39, 0.29) is 11.5 Å². The van der Waals surface area contributed by atoms with Crippen LogP contribution in [-0.2, 0) is 17.9 Å². The van der Waals surface area contributed by atoms with Crippen LogP contribution in [-0.4, -0.2) is 26.9 Å². The number of H-pyrrole nitrogens is 1. The molecule has 0 saturated carbocycles. The van der Waals surface area contributed by atoms with E-state index in [4.69, 9.17) is 23.8 Å².